The number of hydrogen-bond donors (Lipinski definition) is 1. The highest BCUT2D eigenvalue weighted by atomic mass is 35.5. The van der Waals surface area contributed by atoms with Gasteiger partial charge < -0.3 is 10.2 Å². The number of halogens is 1. The number of hydrogen-bond acceptors (Lipinski definition) is 4. The van der Waals surface area contributed by atoms with Crippen molar-refractivity contribution < 1.29 is 9.72 Å². The minimum Gasteiger partial charge on any atom is -0.361 e. The number of nitro groups is 1. The SMILES string of the molecule is O=C1c2ccccc2NC(c2ccc(Cl)c([N+](=O)[O-])c2)N1C1CC1. The van der Waals surface area contributed by atoms with Gasteiger partial charge in [-0.05, 0) is 31.0 Å². The number of amides is 1. The van der Waals surface area contributed by atoms with Gasteiger partial charge in [-0.2, -0.15) is 0 Å². The summed E-state index contributed by atoms with van der Waals surface area (Å²) in [5.41, 5.74) is 1.87. The number of benzene rings is 2. The van der Waals surface area contributed by atoms with E-state index in [9.17, 15) is 14.9 Å². The molecule has 1 aliphatic carbocycles. The Balaban J connectivity index is 1.80. The van der Waals surface area contributed by atoms with Crippen molar-refractivity contribution in [1.82, 2.24) is 4.90 Å². The summed E-state index contributed by atoms with van der Waals surface area (Å²) >= 11 is 5.91. The summed E-state index contributed by atoms with van der Waals surface area (Å²) in [5, 5.41) is 14.6. The first-order valence-electron chi connectivity index (χ1n) is 7.68. The number of nitrogens with zero attached hydrogens (tertiary/aromatic N) is 2. The minimum atomic E-state index is -0.508. The lowest BCUT2D eigenvalue weighted by molar-refractivity contribution is -0.384. The third kappa shape index (κ3) is 2.39. The molecule has 1 fully saturated rings. The van der Waals surface area contributed by atoms with Crippen LogP contribution in [0.4, 0.5) is 11.4 Å². The zero-order valence-corrected chi connectivity index (χ0v) is 13.4. The Morgan fingerprint density at radius 1 is 1.21 bits per heavy atom. The molecule has 2 aliphatic rings. The van der Waals surface area contributed by atoms with Crippen molar-refractivity contribution in [1.29, 1.82) is 0 Å². The van der Waals surface area contributed by atoms with E-state index >= 15 is 0 Å². The maximum Gasteiger partial charge on any atom is 0.288 e. The molecule has 1 N–H and O–H groups in total. The summed E-state index contributed by atoms with van der Waals surface area (Å²) in [4.78, 5) is 25.3. The molecule has 7 heteroatoms. The van der Waals surface area contributed by atoms with Crippen LogP contribution >= 0.6 is 11.6 Å². The van der Waals surface area contributed by atoms with Crippen LogP contribution in [0.3, 0.4) is 0 Å². The molecule has 1 heterocycles. The molecule has 1 amide bonds. The molecule has 0 spiro atoms. The maximum absolute atomic E-state index is 12.9. The number of nitrogens with one attached hydrogen (secondary N) is 1. The highest BCUT2D eigenvalue weighted by Crippen LogP contribution is 2.41. The Morgan fingerprint density at radius 2 is 1.96 bits per heavy atom. The van der Waals surface area contributed by atoms with E-state index < -0.39 is 11.1 Å². The Morgan fingerprint density at radius 3 is 2.67 bits per heavy atom. The van der Waals surface area contributed by atoms with Gasteiger partial charge >= 0.3 is 0 Å². The maximum atomic E-state index is 12.9. The van der Waals surface area contributed by atoms with E-state index in [0.29, 0.717) is 11.1 Å². The topological polar surface area (TPSA) is 75.5 Å². The van der Waals surface area contributed by atoms with Gasteiger partial charge in [0, 0.05) is 23.4 Å². The molecule has 1 atom stereocenters. The fraction of sp³-hybridized carbons (Fsp3) is 0.235. The smallest absolute Gasteiger partial charge is 0.288 e. The highest BCUT2D eigenvalue weighted by molar-refractivity contribution is 6.32. The van der Waals surface area contributed by atoms with Gasteiger partial charge in [0.15, 0.2) is 0 Å². The summed E-state index contributed by atoms with van der Waals surface area (Å²) in [6.45, 7) is 0. The lowest BCUT2D eigenvalue weighted by atomic mass is 10.0. The molecule has 0 radical (unpaired) electrons. The van der Waals surface area contributed by atoms with E-state index in [1.165, 1.54) is 12.1 Å². The van der Waals surface area contributed by atoms with Gasteiger partial charge in [-0.15, -0.1) is 0 Å². The Kier molecular flexibility index (Phi) is 3.42. The Hall–Kier alpha value is -2.60. The third-order valence-electron chi connectivity index (χ3n) is 4.39. The molecule has 24 heavy (non-hydrogen) atoms. The second-order valence-electron chi connectivity index (χ2n) is 6.00. The van der Waals surface area contributed by atoms with Gasteiger partial charge in [-0.1, -0.05) is 29.8 Å². The van der Waals surface area contributed by atoms with E-state index in [2.05, 4.69) is 5.32 Å². The molecule has 122 valence electrons. The highest BCUT2D eigenvalue weighted by Gasteiger charge is 2.42. The van der Waals surface area contributed by atoms with Gasteiger partial charge in [0.2, 0.25) is 0 Å². The van der Waals surface area contributed by atoms with Crippen LogP contribution in [-0.4, -0.2) is 21.8 Å². The molecule has 6 nitrogen and oxygen atoms in total. The number of fused-ring (bicyclic) bond motifs is 1. The van der Waals surface area contributed by atoms with Gasteiger partial charge in [0.05, 0.1) is 10.5 Å². The predicted molar refractivity (Wildman–Crippen MR) is 90.1 cm³/mol. The molecular weight excluding hydrogens is 330 g/mol. The number of para-hydroxylation sites is 1. The number of carbonyl (C=O) groups excluding carboxylic acids is 1. The molecule has 0 bridgehead atoms. The summed E-state index contributed by atoms with van der Waals surface area (Å²) in [7, 11) is 0. The van der Waals surface area contributed by atoms with Crippen LogP contribution in [0.5, 0.6) is 0 Å². The molecule has 0 aromatic heterocycles. The van der Waals surface area contributed by atoms with Crippen LogP contribution in [0.15, 0.2) is 42.5 Å². The molecule has 2 aromatic rings. The first-order chi connectivity index (χ1) is 11.6. The zero-order chi connectivity index (χ0) is 16.8. The standard InChI is InChI=1S/C17H14ClN3O3/c18-13-8-5-10(9-15(13)21(23)24)16-19-14-4-2-1-3-12(14)17(22)20(16)11-6-7-11/h1-5,8-9,11,16,19H,6-7H2. The largest absolute Gasteiger partial charge is 0.361 e. The lowest BCUT2D eigenvalue weighted by Crippen LogP contribution is -2.44. The van der Waals surface area contributed by atoms with Crippen molar-refractivity contribution >= 4 is 28.9 Å². The van der Waals surface area contributed by atoms with E-state index in [-0.39, 0.29) is 22.7 Å². The quantitative estimate of drug-likeness (QED) is 0.675. The van der Waals surface area contributed by atoms with Crippen molar-refractivity contribution in [3.63, 3.8) is 0 Å². The van der Waals surface area contributed by atoms with Crippen LogP contribution in [0, 0.1) is 10.1 Å². The monoisotopic (exact) mass is 343 g/mol. The lowest BCUT2D eigenvalue weighted by Gasteiger charge is -2.38. The summed E-state index contributed by atoms with van der Waals surface area (Å²) in [6.07, 6.45) is 1.46. The molecule has 2 aromatic carbocycles. The average molecular weight is 344 g/mol. The molecular formula is C17H14ClN3O3. The van der Waals surface area contributed by atoms with E-state index in [1.807, 2.05) is 18.2 Å². The Labute approximate surface area is 143 Å². The molecule has 4 rings (SSSR count). The number of rotatable bonds is 3. The summed E-state index contributed by atoms with van der Waals surface area (Å²) in [6, 6.07) is 12.2. The first-order valence-corrected chi connectivity index (χ1v) is 8.06. The van der Waals surface area contributed by atoms with Crippen molar-refractivity contribution in [3.05, 3.63) is 68.7 Å². The molecule has 1 aliphatic heterocycles. The van der Waals surface area contributed by atoms with Gasteiger partial charge in [-0.25, -0.2) is 0 Å². The van der Waals surface area contributed by atoms with Crippen molar-refractivity contribution in [2.24, 2.45) is 0 Å². The van der Waals surface area contributed by atoms with Crippen LogP contribution in [0.2, 0.25) is 5.02 Å². The molecule has 0 saturated heterocycles. The van der Waals surface area contributed by atoms with E-state index in [1.54, 1.807) is 17.0 Å². The van der Waals surface area contributed by atoms with Crippen molar-refractivity contribution in [2.45, 2.75) is 25.0 Å². The van der Waals surface area contributed by atoms with E-state index in [4.69, 9.17) is 11.6 Å². The van der Waals surface area contributed by atoms with Crippen LogP contribution in [0.25, 0.3) is 0 Å². The molecule has 1 unspecified atom stereocenters. The zero-order valence-electron chi connectivity index (χ0n) is 12.6. The Bertz CT molecular complexity index is 851. The van der Waals surface area contributed by atoms with Gasteiger partial charge in [0.25, 0.3) is 11.6 Å². The van der Waals surface area contributed by atoms with Crippen LogP contribution < -0.4 is 5.32 Å². The van der Waals surface area contributed by atoms with Crippen LogP contribution in [0.1, 0.15) is 34.9 Å². The fourth-order valence-electron chi connectivity index (χ4n) is 3.08. The van der Waals surface area contributed by atoms with Gasteiger partial charge in [0.1, 0.15) is 11.2 Å². The third-order valence-corrected chi connectivity index (χ3v) is 4.70. The van der Waals surface area contributed by atoms with Gasteiger partial charge in [-0.3, -0.25) is 14.9 Å². The predicted octanol–water partition coefficient (Wildman–Crippen LogP) is 3.98. The van der Waals surface area contributed by atoms with Crippen LogP contribution in [-0.2, 0) is 0 Å². The normalized spacial score (nSPS) is 19.6. The first kappa shape index (κ1) is 15.0. The summed E-state index contributed by atoms with van der Waals surface area (Å²) < 4.78 is 0. The number of nitro benzene ring substituents is 1. The number of carbonyl (C=O) groups is 1. The minimum absolute atomic E-state index is 0.0468. The summed E-state index contributed by atoms with van der Waals surface area (Å²) in [5.74, 6) is -0.0468. The van der Waals surface area contributed by atoms with Crippen molar-refractivity contribution in [2.75, 3.05) is 5.32 Å². The second kappa shape index (κ2) is 5.49. The fourth-order valence-corrected chi connectivity index (χ4v) is 3.27. The van der Waals surface area contributed by atoms with Crippen molar-refractivity contribution in [3.8, 4) is 0 Å². The van der Waals surface area contributed by atoms with E-state index in [0.717, 1.165) is 18.5 Å². The average Bonchev–Trinajstić information content (AvgIpc) is 3.39. The molecule has 1 saturated carbocycles. The second-order valence-corrected chi connectivity index (χ2v) is 6.41. The number of anilines is 1.